The van der Waals surface area contributed by atoms with E-state index < -0.39 is 0 Å². The number of piperidine rings is 1. The summed E-state index contributed by atoms with van der Waals surface area (Å²) in [5, 5.41) is 0.764. The van der Waals surface area contributed by atoms with Crippen LogP contribution >= 0.6 is 11.6 Å². The van der Waals surface area contributed by atoms with Gasteiger partial charge in [0.25, 0.3) is 0 Å². The highest BCUT2D eigenvalue weighted by Gasteiger charge is 2.28. The van der Waals surface area contributed by atoms with E-state index >= 15 is 0 Å². The predicted molar refractivity (Wildman–Crippen MR) is 59.1 cm³/mol. The predicted octanol–water partition coefficient (Wildman–Crippen LogP) is 3.25. The van der Waals surface area contributed by atoms with Gasteiger partial charge in [0.2, 0.25) is 0 Å². The third kappa shape index (κ3) is 3.32. The van der Waals surface area contributed by atoms with Gasteiger partial charge in [-0.1, -0.05) is 32.0 Å². The zero-order valence-electron chi connectivity index (χ0n) is 8.77. The van der Waals surface area contributed by atoms with E-state index in [0.717, 1.165) is 11.6 Å². The third-order valence-electron chi connectivity index (χ3n) is 3.11. The SMILES string of the molecule is C=C(Cl)CN1CCCC(C)(CC)C1. The molecule has 1 heterocycles. The molecule has 0 aromatic rings. The van der Waals surface area contributed by atoms with Gasteiger partial charge in [-0.25, -0.2) is 0 Å². The van der Waals surface area contributed by atoms with Crippen molar-refractivity contribution in [2.75, 3.05) is 19.6 Å². The van der Waals surface area contributed by atoms with E-state index in [1.54, 1.807) is 0 Å². The van der Waals surface area contributed by atoms with Crippen LogP contribution in [0.4, 0.5) is 0 Å². The van der Waals surface area contributed by atoms with E-state index in [1.165, 1.54) is 32.4 Å². The first-order chi connectivity index (χ1) is 6.06. The first kappa shape index (κ1) is 11.1. The molecule has 1 fully saturated rings. The first-order valence-electron chi connectivity index (χ1n) is 5.11. The summed E-state index contributed by atoms with van der Waals surface area (Å²) in [6.07, 6.45) is 3.92. The molecule has 1 saturated heterocycles. The van der Waals surface area contributed by atoms with E-state index in [4.69, 9.17) is 11.6 Å². The van der Waals surface area contributed by atoms with Crippen molar-refractivity contribution in [1.82, 2.24) is 4.90 Å². The lowest BCUT2D eigenvalue weighted by Gasteiger charge is -2.39. The largest absolute Gasteiger partial charge is 0.298 e. The number of halogens is 1. The van der Waals surface area contributed by atoms with Crippen molar-refractivity contribution in [1.29, 1.82) is 0 Å². The Morgan fingerprint density at radius 3 is 2.85 bits per heavy atom. The van der Waals surface area contributed by atoms with Crippen LogP contribution in [0.15, 0.2) is 11.6 Å². The van der Waals surface area contributed by atoms with Crippen molar-refractivity contribution < 1.29 is 0 Å². The van der Waals surface area contributed by atoms with Crippen LogP contribution in [0.1, 0.15) is 33.1 Å². The summed E-state index contributed by atoms with van der Waals surface area (Å²) in [7, 11) is 0. The van der Waals surface area contributed by atoms with Gasteiger partial charge in [0.05, 0.1) is 0 Å². The highest BCUT2D eigenvalue weighted by Crippen LogP contribution is 2.32. The Balaban J connectivity index is 2.46. The lowest BCUT2D eigenvalue weighted by Crippen LogP contribution is -2.41. The van der Waals surface area contributed by atoms with Gasteiger partial charge in [-0.15, -0.1) is 0 Å². The molecule has 13 heavy (non-hydrogen) atoms. The van der Waals surface area contributed by atoms with Gasteiger partial charge in [-0.05, 0) is 31.2 Å². The molecule has 0 aliphatic carbocycles. The minimum Gasteiger partial charge on any atom is -0.298 e. The minimum absolute atomic E-state index is 0.505. The fourth-order valence-electron chi connectivity index (χ4n) is 2.09. The number of rotatable bonds is 3. The van der Waals surface area contributed by atoms with Crippen molar-refractivity contribution >= 4 is 11.6 Å². The molecule has 0 radical (unpaired) electrons. The number of nitrogens with zero attached hydrogens (tertiary/aromatic N) is 1. The van der Waals surface area contributed by atoms with Crippen LogP contribution in [0, 0.1) is 5.41 Å². The van der Waals surface area contributed by atoms with Gasteiger partial charge >= 0.3 is 0 Å². The van der Waals surface area contributed by atoms with Gasteiger partial charge in [0.15, 0.2) is 0 Å². The van der Waals surface area contributed by atoms with Crippen molar-refractivity contribution in [2.45, 2.75) is 33.1 Å². The normalized spacial score (nSPS) is 30.4. The second-order valence-electron chi connectivity index (χ2n) is 4.50. The molecule has 1 aliphatic rings. The number of likely N-dealkylation sites (tertiary alicyclic amines) is 1. The molecule has 0 saturated carbocycles. The fourth-order valence-corrected chi connectivity index (χ4v) is 2.26. The van der Waals surface area contributed by atoms with Gasteiger partial charge in [0.1, 0.15) is 0 Å². The van der Waals surface area contributed by atoms with Gasteiger partial charge in [-0.3, -0.25) is 4.90 Å². The number of hydrogen-bond acceptors (Lipinski definition) is 1. The molecule has 0 aromatic heterocycles. The smallest absolute Gasteiger partial charge is 0.0335 e. The summed E-state index contributed by atoms with van der Waals surface area (Å²) in [5.74, 6) is 0. The van der Waals surface area contributed by atoms with Crippen LogP contribution in [0.5, 0.6) is 0 Å². The van der Waals surface area contributed by atoms with E-state index in [1.807, 2.05) is 0 Å². The topological polar surface area (TPSA) is 3.24 Å². The molecule has 1 unspecified atom stereocenters. The van der Waals surface area contributed by atoms with Gasteiger partial charge in [-0.2, -0.15) is 0 Å². The minimum atomic E-state index is 0.505. The quantitative estimate of drug-likeness (QED) is 0.678. The standard InChI is InChI=1S/C11H20ClN/c1-4-11(3)6-5-7-13(9-11)8-10(2)12/h2,4-9H2,1,3H3. The van der Waals surface area contributed by atoms with Crippen LogP contribution in [-0.2, 0) is 0 Å². The van der Waals surface area contributed by atoms with E-state index in [9.17, 15) is 0 Å². The maximum absolute atomic E-state index is 5.81. The molecule has 1 rings (SSSR count). The van der Waals surface area contributed by atoms with Gasteiger partial charge < -0.3 is 0 Å². The Kier molecular flexibility index (Phi) is 3.81. The molecule has 0 N–H and O–H groups in total. The fraction of sp³-hybridized carbons (Fsp3) is 0.818. The highest BCUT2D eigenvalue weighted by atomic mass is 35.5. The average molecular weight is 202 g/mol. The Labute approximate surface area is 86.8 Å². The summed E-state index contributed by atoms with van der Waals surface area (Å²) < 4.78 is 0. The molecule has 1 aliphatic heterocycles. The van der Waals surface area contributed by atoms with Crippen molar-refractivity contribution in [3.63, 3.8) is 0 Å². The Bertz CT molecular complexity index is 191. The molecule has 0 spiro atoms. The Hall–Kier alpha value is -0.0100. The maximum atomic E-state index is 5.81. The van der Waals surface area contributed by atoms with Crippen LogP contribution < -0.4 is 0 Å². The lowest BCUT2D eigenvalue weighted by molar-refractivity contribution is 0.109. The van der Waals surface area contributed by atoms with Crippen LogP contribution in [-0.4, -0.2) is 24.5 Å². The zero-order chi connectivity index (χ0) is 9.90. The molecular formula is C11H20ClN. The highest BCUT2D eigenvalue weighted by molar-refractivity contribution is 6.29. The summed E-state index contributed by atoms with van der Waals surface area (Å²) in [6.45, 7) is 11.6. The molecule has 2 heteroatoms. The van der Waals surface area contributed by atoms with E-state index in [2.05, 4.69) is 25.3 Å². The first-order valence-corrected chi connectivity index (χ1v) is 5.49. The third-order valence-corrected chi connectivity index (χ3v) is 3.23. The second kappa shape index (κ2) is 4.47. The van der Waals surface area contributed by atoms with Crippen molar-refractivity contribution in [3.8, 4) is 0 Å². The summed E-state index contributed by atoms with van der Waals surface area (Å²) in [5.41, 5.74) is 0.505. The summed E-state index contributed by atoms with van der Waals surface area (Å²) in [4.78, 5) is 2.42. The lowest BCUT2D eigenvalue weighted by atomic mass is 9.80. The molecule has 0 bridgehead atoms. The number of hydrogen-bond donors (Lipinski definition) is 0. The summed E-state index contributed by atoms with van der Waals surface area (Å²) >= 11 is 5.81. The van der Waals surface area contributed by atoms with Crippen LogP contribution in [0.25, 0.3) is 0 Å². The van der Waals surface area contributed by atoms with E-state index in [-0.39, 0.29) is 0 Å². The van der Waals surface area contributed by atoms with Crippen molar-refractivity contribution in [3.05, 3.63) is 11.6 Å². The van der Waals surface area contributed by atoms with Crippen LogP contribution in [0.3, 0.4) is 0 Å². The summed E-state index contributed by atoms with van der Waals surface area (Å²) in [6, 6.07) is 0. The monoisotopic (exact) mass is 201 g/mol. The van der Waals surface area contributed by atoms with Crippen molar-refractivity contribution in [2.24, 2.45) is 5.41 Å². The molecule has 0 amide bonds. The molecule has 1 nitrogen and oxygen atoms in total. The zero-order valence-corrected chi connectivity index (χ0v) is 9.53. The molecule has 76 valence electrons. The van der Waals surface area contributed by atoms with Gasteiger partial charge in [0, 0.05) is 18.1 Å². The maximum Gasteiger partial charge on any atom is 0.0335 e. The Morgan fingerprint density at radius 1 is 1.62 bits per heavy atom. The molecular weight excluding hydrogens is 182 g/mol. The molecule has 0 aromatic carbocycles. The van der Waals surface area contributed by atoms with E-state index in [0.29, 0.717) is 5.41 Å². The average Bonchev–Trinajstić information content (AvgIpc) is 2.03. The Morgan fingerprint density at radius 2 is 2.31 bits per heavy atom. The van der Waals surface area contributed by atoms with Crippen LogP contribution in [0.2, 0.25) is 0 Å². The molecule has 1 atom stereocenters. The second-order valence-corrected chi connectivity index (χ2v) is 5.03.